The van der Waals surface area contributed by atoms with Gasteiger partial charge in [-0.05, 0) is 12.1 Å². The SMILES string of the molecule is COc1cc2c(cc1OC(=O)N=N)oc1ccccc12. The lowest BCUT2D eigenvalue weighted by Gasteiger charge is -2.06. The lowest BCUT2D eigenvalue weighted by atomic mass is 10.1. The van der Waals surface area contributed by atoms with Gasteiger partial charge >= 0.3 is 6.09 Å². The zero-order chi connectivity index (χ0) is 14.1. The van der Waals surface area contributed by atoms with Gasteiger partial charge in [0.1, 0.15) is 11.2 Å². The van der Waals surface area contributed by atoms with Gasteiger partial charge in [0, 0.05) is 16.8 Å². The lowest BCUT2D eigenvalue weighted by Crippen LogP contribution is -2.02. The van der Waals surface area contributed by atoms with Gasteiger partial charge in [0.2, 0.25) is 0 Å². The maximum absolute atomic E-state index is 11.1. The molecule has 6 heteroatoms. The van der Waals surface area contributed by atoms with Gasteiger partial charge in [-0.25, -0.2) is 4.79 Å². The quantitative estimate of drug-likeness (QED) is 0.709. The molecule has 1 aromatic heterocycles. The van der Waals surface area contributed by atoms with E-state index in [4.69, 9.17) is 19.4 Å². The maximum Gasteiger partial charge on any atom is 0.457 e. The molecule has 100 valence electrons. The van der Waals surface area contributed by atoms with Crippen molar-refractivity contribution in [2.75, 3.05) is 7.11 Å². The second-order valence-electron chi connectivity index (χ2n) is 4.08. The summed E-state index contributed by atoms with van der Waals surface area (Å²) in [5.41, 5.74) is 7.93. The van der Waals surface area contributed by atoms with Crippen LogP contribution in [-0.2, 0) is 0 Å². The molecule has 0 unspecified atom stereocenters. The zero-order valence-corrected chi connectivity index (χ0v) is 10.5. The van der Waals surface area contributed by atoms with Gasteiger partial charge in [0.05, 0.1) is 7.11 Å². The van der Waals surface area contributed by atoms with E-state index >= 15 is 0 Å². The van der Waals surface area contributed by atoms with Crippen LogP contribution in [0.3, 0.4) is 0 Å². The molecule has 0 bridgehead atoms. The van der Waals surface area contributed by atoms with Crippen LogP contribution in [0.4, 0.5) is 4.79 Å². The van der Waals surface area contributed by atoms with E-state index in [1.54, 1.807) is 12.1 Å². The number of furan rings is 1. The Hall–Kier alpha value is -2.89. The van der Waals surface area contributed by atoms with Crippen molar-refractivity contribution in [2.24, 2.45) is 5.11 Å². The number of ether oxygens (including phenoxy) is 2. The van der Waals surface area contributed by atoms with Gasteiger partial charge in [-0.3, -0.25) is 0 Å². The normalized spacial score (nSPS) is 10.7. The highest BCUT2D eigenvalue weighted by Crippen LogP contribution is 2.37. The summed E-state index contributed by atoms with van der Waals surface area (Å²) in [6.07, 6.45) is -1.02. The van der Waals surface area contributed by atoms with Crippen molar-refractivity contribution >= 4 is 28.0 Å². The van der Waals surface area contributed by atoms with E-state index in [9.17, 15) is 4.79 Å². The average molecular weight is 270 g/mol. The minimum atomic E-state index is -1.02. The minimum Gasteiger partial charge on any atom is -0.493 e. The molecule has 1 heterocycles. The van der Waals surface area contributed by atoms with E-state index in [2.05, 4.69) is 5.11 Å². The van der Waals surface area contributed by atoms with Crippen molar-refractivity contribution in [1.29, 1.82) is 5.53 Å². The number of para-hydroxylation sites is 1. The van der Waals surface area contributed by atoms with E-state index in [1.807, 2.05) is 24.3 Å². The fraction of sp³-hybridized carbons (Fsp3) is 0.0714. The Kier molecular flexibility index (Phi) is 2.83. The molecule has 1 amide bonds. The molecule has 0 aliphatic carbocycles. The zero-order valence-electron chi connectivity index (χ0n) is 10.5. The Morgan fingerprint density at radius 3 is 2.70 bits per heavy atom. The third-order valence-corrected chi connectivity index (χ3v) is 2.95. The van der Waals surface area contributed by atoms with E-state index in [0.29, 0.717) is 11.3 Å². The molecule has 0 aliphatic heterocycles. The average Bonchev–Trinajstić information content (AvgIpc) is 2.83. The molecule has 0 fully saturated rings. The van der Waals surface area contributed by atoms with Crippen LogP contribution in [0.15, 0.2) is 45.9 Å². The number of carbonyl (C=O) groups excluding carboxylic acids is 1. The largest absolute Gasteiger partial charge is 0.493 e. The highest BCUT2D eigenvalue weighted by molar-refractivity contribution is 6.06. The van der Waals surface area contributed by atoms with Crippen molar-refractivity contribution in [3.05, 3.63) is 36.4 Å². The smallest absolute Gasteiger partial charge is 0.457 e. The Morgan fingerprint density at radius 1 is 1.15 bits per heavy atom. The predicted octanol–water partition coefficient (Wildman–Crippen LogP) is 4.12. The van der Waals surface area contributed by atoms with Crippen LogP contribution in [0.1, 0.15) is 0 Å². The van der Waals surface area contributed by atoms with Gasteiger partial charge < -0.3 is 13.9 Å². The summed E-state index contributed by atoms with van der Waals surface area (Å²) < 4.78 is 15.8. The summed E-state index contributed by atoms with van der Waals surface area (Å²) in [6.45, 7) is 0. The fourth-order valence-corrected chi connectivity index (χ4v) is 2.09. The molecular formula is C14H10N2O4. The van der Waals surface area contributed by atoms with Crippen LogP contribution >= 0.6 is 0 Å². The number of hydrogen-bond donors (Lipinski definition) is 1. The monoisotopic (exact) mass is 270 g/mol. The van der Waals surface area contributed by atoms with Crippen molar-refractivity contribution in [3.8, 4) is 11.5 Å². The first-order valence-corrected chi connectivity index (χ1v) is 5.81. The molecule has 3 rings (SSSR count). The van der Waals surface area contributed by atoms with Gasteiger partial charge in [-0.2, -0.15) is 5.53 Å². The molecule has 0 atom stereocenters. The Bertz CT molecular complexity index is 823. The minimum absolute atomic E-state index is 0.167. The van der Waals surface area contributed by atoms with E-state index in [-0.39, 0.29) is 5.75 Å². The summed E-state index contributed by atoms with van der Waals surface area (Å²) in [7, 11) is 1.47. The second-order valence-corrected chi connectivity index (χ2v) is 4.08. The number of nitrogens with one attached hydrogen (secondary N) is 1. The fourth-order valence-electron chi connectivity index (χ4n) is 2.09. The van der Waals surface area contributed by atoms with Crippen LogP contribution in [0.5, 0.6) is 11.5 Å². The van der Waals surface area contributed by atoms with Crippen molar-refractivity contribution < 1.29 is 18.7 Å². The molecule has 0 aliphatic rings. The summed E-state index contributed by atoms with van der Waals surface area (Å²) >= 11 is 0. The number of fused-ring (bicyclic) bond motifs is 3. The van der Waals surface area contributed by atoms with Crippen molar-refractivity contribution in [3.63, 3.8) is 0 Å². The Labute approximate surface area is 113 Å². The van der Waals surface area contributed by atoms with E-state index < -0.39 is 6.09 Å². The molecule has 1 N–H and O–H groups in total. The van der Waals surface area contributed by atoms with E-state index in [0.717, 1.165) is 16.4 Å². The number of rotatable bonds is 2. The highest BCUT2D eigenvalue weighted by atomic mass is 16.6. The van der Waals surface area contributed by atoms with Gasteiger partial charge in [-0.1, -0.05) is 23.3 Å². The number of nitrogens with zero attached hydrogens (tertiary/aromatic N) is 1. The predicted molar refractivity (Wildman–Crippen MR) is 71.4 cm³/mol. The van der Waals surface area contributed by atoms with Gasteiger partial charge in [-0.15, -0.1) is 0 Å². The van der Waals surface area contributed by atoms with Gasteiger partial charge in [0.25, 0.3) is 0 Å². The number of hydrogen-bond acceptors (Lipinski definition) is 5. The topological polar surface area (TPSA) is 84.9 Å². The van der Waals surface area contributed by atoms with Crippen molar-refractivity contribution in [2.45, 2.75) is 0 Å². The number of methoxy groups -OCH3 is 1. The first-order chi connectivity index (χ1) is 9.72. The van der Waals surface area contributed by atoms with Crippen molar-refractivity contribution in [1.82, 2.24) is 0 Å². The van der Waals surface area contributed by atoms with Crippen LogP contribution in [0.25, 0.3) is 21.9 Å². The molecule has 0 spiro atoms. The Balaban J connectivity index is 2.24. The molecule has 3 aromatic rings. The molecular weight excluding hydrogens is 260 g/mol. The standard InChI is InChI=1S/C14H10N2O4/c1-18-12-6-9-8-4-2-3-5-10(8)19-11(9)7-13(12)20-14(17)16-15/h2-7,15H,1H3. The maximum atomic E-state index is 11.1. The number of amides is 1. The summed E-state index contributed by atoms with van der Waals surface area (Å²) in [5, 5.41) is 4.49. The summed E-state index contributed by atoms with van der Waals surface area (Å²) in [6, 6.07) is 10.9. The van der Waals surface area contributed by atoms with Crippen LogP contribution in [0.2, 0.25) is 0 Å². The van der Waals surface area contributed by atoms with Crippen LogP contribution in [-0.4, -0.2) is 13.2 Å². The summed E-state index contributed by atoms with van der Waals surface area (Å²) in [5.74, 6) is 0.543. The molecule has 0 radical (unpaired) electrons. The third-order valence-electron chi connectivity index (χ3n) is 2.95. The molecule has 2 aromatic carbocycles. The summed E-state index contributed by atoms with van der Waals surface area (Å²) in [4.78, 5) is 11.1. The molecule has 0 saturated heterocycles. The third kappa shape index (κ3) is 1.87. The van der Waals surface area contributed by atoms with Gasteiger partial charge in [0.15, 0.2) is 11.5 Å². The van der Waals surface area contributed by atoms with Crippen LogP contribution in [0, 0.1) is 5.53 Å². The molecule has 20 heavy (non-hydrogen) atoms. The second kappa shape index (κ2) is 4.65. The molecule has 6 nitrogen and oxygen atoms in total. The lowest BCUT2D eigenvalue weighted by molar-refractivity contribution is 0.206. The van der Waals surface area contributed by atoms with Crippen LogP contribution < -0.4 is 9.47 Å². The number of carbonyl (C=O) groups is 1. The first kappa shape index (κ1) is 12.2. The Morgan fingerprint density at radius 2 is 1.95 bits per heavy atom. The van der Waals surface area contributed by atoms with E-state index in [1.165, 1.54) is 7.11 Å². The number of benzene rings is 2. The molecule has 0 saturated carbocycles. The first-order valence-electron chi connectivity index (χ1n) is 5.81. The highest BCUT2D eigenvalue weighted by Gasteiger charge is 2.15.